The molecule has 0 spiro atoms. The van der Waals surface area contributed by atoms with Crippen molar-refractivity contribution in [1.82, 2.24) is 10.6 Å². The van der Waals surface area contributed by atoms with Gasteiger partial charge in [-0.2, -0.15) is 0 Å². The molecule has 1 fully saturated rings. The van der Waals surface area contributed by atoms with E-state index in [2.05, 4.69) is 10.6 Å². The first-order chi connectivity index (χ1) is 7.02. The van der Waals surface area contributed by atoms with Crippen LogP contribution in [0.3, 0.4) is 0 Å². The summed E-state index contributed by atoms with van der Waals surface area (Å²) in [5, 5.41) is 5.46. The van der Waals surface area contributed by atoms with E-state index >= 15 is 0 Å². The van der Waals surface area contributed by atoms with Gasteiger partial charge in [-0.15, -0.1) is 0 Å². The van der Waals surface area contributed by atoms with Gasteiger partial charge in [-0.3, -0.25) is 4.79 Å². The lowest BCUT2D eigenvalue weighted by molar-refractivity contribution is -0.118. The maximum Gasteiger partial charge on any atom is 0.216 e. The van der Waals surface area contributed by atoms with Crippen molar-refractivity contribution < 1.29 is 13.2 Å². The van der Waals surface area contributed by atoms with E-state index < -0.39 is 9.84 Å². The number of hydrogen-bond acceptors (Lipinski definition) is 4. The molecule has 1 aliphatic rings. The van der Waals surface area contributed by atoms with Crippen LogP contribution in [0.4, 0.5) is 0 Å². The van der Waals surface area contributed by atoms with Crippen molar-refractivity contribution in [2.75, 3.05) is 25.4 Å². The maximum atomic E-state index is 11.4. The van der Waals surface area contributed by atoms with Crippen LogP contribution in [0.1, 0.15) is 19.8 Å². The largest absolute Gasteiger partial charge is 0.355 e. The van der Waals surface area contributed by atoms with Crippen LogP contribution in [0.15, 0.2) is 0 Å². The highest BCUT2D eigenvalue weighted by atomic mass is 32.2. The molecule has 1 aliphatic heterocycles. The molecule has 15 heavy (non-hydrogen) atoms. The van der Waals surface area contributed by atoms with Crippen LogP contribution < -0.4 is 10.6 Å². The standard InChI is InChI=1S/C9H18N2O3S/c1-8(12)11-5-4-10-7-9-3-2-6-15(9,13)14/h9-10H,2-7H2,1H3,(H,11,12). The Hall–Kier alpha value is -0.620. The van der Waals surface area contributed by atoms with Crippen molar-refractivity contribution in [2.24, 2.45) is 0 Å². The van der Waals surface area contributed by atoms with Crippen LogP contribution in [0.2, 0.25) is 0 Å². The van der Waals surface area contributed by atoms with Crippen LogP contribution in [-0.4, -0.2) is 45.0 Å². The summed E-state index contributed by atoms with van der Waals surface area (Å²) in [4.78, 5) is 10.5. The molecule has 1 unspecified atom stereocenters. The highest BCUT2D eigenvalue weighted by Crippen LogP contribution is 2.18. The van der Waals surface area contributed by atoms with Gasteiger partial charge in [0, 0.05) is 26.6 Å². The fourth-order valence-electron chi connectivity index (χ4n) is 1.68. The first-order valence-corrected chi connectivity index (χ1v) is 6.90. The number of amides is 1. The number of sulfone groups is 1. The molecule has 6 heteroatoms. The zero-order chi connectivity index (χ0) is 11.3. The average molecular weight is 234 g/mol. The second-order valence-corrected chi connectivity index (χ2v) is 6.22. The molecular weight excluding hydrogens is 216 g/mol. The average Bonchev–Trinajstić information content (AvgIpc) is 2.44. The van der Waals surface area contributed by atoms with E-state index in [4.69, 9.17) is 0 Å². The molecule has 1 atom stereocenters. The van der Waals surface area contributed by atoms with E-state index in [-0.39, 0.29) is 11.2 Å². The molecule has 0 radical (unpaired) electrons. The topological polar surface area (TPSA) is 75.3 Å². The quantitative estimate of drug-likeness (QED) is 0.616. The molecule has 2 N–H and O–H groups in total. The second-order valence-electron chi connectivity index (χ2n) is 3.82. The van der Waals surface area contributed by atoms with Crippen LogP contribution in [0.5, 0.6) is 0 Å². The van der Waals surface area contributed by atoms with Crippen molar-refractivity contribution in [3.63, 3.8) is 0 Å². The third kappa shape index (κ3) is 4.17. The van der Waals surface area contributed by atoms with Gasteiger partial charge in [-0.05, 0) is 12.8 Å². The van der Waals surface area contributed by atoms with E-state index in [0.717, 1.165) is 12.8 Å². The lowest BCUT2D eigenvalue weighted by Crippen LogP contribution is -2.35. The number of rotatable bonds is 5. The summed E-state index contributed by atoms with van der Waals surface area (Å²) in [5.74, 6) is 0.260. The fourth-order valence-corrected chi connectivity index (χ4v) is 3.48. The van der Waals surface area contributed by atoms with Crippen molar-refractivity contribution in [3.8, 4) is 0 Å². The van der Waals surface area contributed by atoms with Crippen LogP contribution in [-0.2, 0) is 14.6 Å². The van der Waals surface area contributed by atoms with E-state index in [1.54, 1.807) is 0 Å². The molecule has 1 rings (SSSR count). The molecule has 0 aliphatic carbocycles. The first-order valence-electron chi connectivity index (χ1n) is 5.19. The second kappa shape index (κ2) is 5.46. The molecule has 1 saturated heterocycles. The Labute approximate surface area is 90.5 Å². The summed E-state index contributed by atoms with van der Waals surface area (Å²) in [5.41, 5.74) is 0. The summed E-state index contributed by atoms with van der Waals surface area (Å²) in [6, 6.07) is 0. The molecule has 0 saturated carbocycles. The minimum Gasteiger partial charge on any atom is -0.355 e. The van der Waals surface area contributed by atoms with E-state index in [9.17, 15) is 13.2 Å². The zero-order valence-electron chi connectivity index (χ0n) is 8.95. The predicted molar refractivity (Wildman–Crippen MR) is 58.4 cm³/mol. The van der Waals surface area contributed by atoms with Crippen molar-refractivity contribution >= 4 is 15.7 Å². The van der Waals surface area contributed by atoms with Crippen LogP contribution >= 0.6 is 0 Å². The third-order valence-electron chi connectivity index (χ3n) is 2.51. The minimum atomic E-state index is -2.84. The third-order valence-corrected chi connectivity index (χ3v) is 4.79. The van der Waals surface area contributed by atoms with Gasteiger partial charge in [-0.25, -0.2) is 8.42 Å². The molecule has 5 nitrogen and oxygen atoms in total. The molecule has 1 amide bonds. The number of nitrogens with one attached hydrogen (secondary N) is 2. The first kappa shape index (κ1) is 12.4. The Bertz CT molecular complexity index is 313. The van der Waals surface area contributed by atoms with Gasteiger partial charge in [-0.1, -0.05) is 0 Å². The Kier molecular flexibility index (Phi) is 4.53. The molecule has 88 valence electrons. The molecule has 0 aromatic rings. The van der Waals surface area contributed by atoms with Gasteiger partial charge in [0.2, 0.25) is 5.91 Å². The lowest BCUT2D eigenvalue weighted by atomic mass is 10.2. The summed E-state index contributed by atoms with van der Waals surface area (Å²) >= 11 is 0. The van der Waals surface area contributed by atoms with Gasteiger partial charge in [0.05, 0.1) is 11.0 Å². The highest BCUT2D eigenvalue weighted by molar-refractivity contribution is 7.92. The Morgan fingerprint density at radius 1 is 1.40 bits per heavy atom. The van der Waals surface area contributed by atoms with E-state index in [0.29, 0.717) is 25.4 Å². The molecule has 0 aromatic carbocycles. The number of carbonyl (C=O) groups is 1. The van der Waals surface area contributed by atoms with E-state index in [1.807, 2.05) is 0 Å². The Morgan fingerprint density at radius 3 is 2.67 bits per heavy atom. The summed E-state index contributed by atoms with van der Waals surface area (Å²) in [6.07, 6.45) is 1.54. The summed E-state index contributed by atoms with van der Waals surface area (Å²) in [6.45, 7) is 3.12. The van der Waals surface area contributed by atoms with Crippen LogP contribution in [0, 0.1) is 0 Å². The molecule has 0 aromatic heterocycles. The molecular formula is C9H18N2O3S. The van der Waals surface area contributed by atoms with Gasteiger partial charge >= 0.3 is 0 Å². The molecule has 0 bridgehead atoms. The van der Waals surface area contributed by atoms with Gasteiger partial charge < -0.3 is 10.6 Å². The van der Waals surface area contributed by atoms with Gasteiger partial charge in [0.15, 0.2) is 9.84 Å². The summed E-state index contributed by atoms with van der Waals surface area (Å²) in [7, 11) is -2.84. The monoisotopic (exact) mass is 234 g/mol. The van der Waals surface area contributed by atoms with Crippen molar-refractivity contribution in [2.45, 2.75) is 25.0 Å². The van der Waals surface area contributed by atoms with Gasteiger partial charge in [0.25, 0.3) is 0 Å². The lowest BCUT2D eigenvalue weighted by Gasteiger charge is -2.10. The van der Waals surface area contributed by atoms with Crippen molar-refractivity contribution in [3.05, 3.63) is 0 Å². The van der Waals surface area contributed by atoms with Gasteiger partial charge in [0.1, 0.15) is 0 Å². The maximum absolute atomic E-state index is 11.4. The fraction of sp³-hybridized carbons (Fsp3) is 0.889. The smallest absolute Gasteiger partial charge is 0.216 e. The number of hydrogen-bond donors (Lipinski definition) is 2. The van der Waals surface area contributed by atoms with E-state index in [1.165, 1.54) is 6.92 Å². The van der Waals surface area contributed by atoms with Crippen LogP contribution in [0.25, 0.3) is 0 Å². The Balaban J connectivity index is 2.13. The SMILES string of the molecule is CC(=O)NCCNCC1CCCS1(=O)=O. The Morgan fingerprint density at radius 2 is 2.13 bits per heavy atom. The molecule has 1 heterocycles. The summed E-state index contributed by atoms with van der Waals surface area (Å²) < 4.78 is 22.8. The predicted octanol–water partition coefficient (Wildman–Crippen LogP) is -0.711. The zero-order valence-corrected chi connectivity index (χ0v) is 9.77. The number of carbonyl (C=O) groups excluding carboxylic acids is 1. The minimum absolute atomic E-state index is 0.0645. The highest BCUT2D eigenvalue weighted by Gasteiger charge is 2.30. The van der Waals surface area contributed by atoms with Crippen molar-refractivity contribution in [1.29, 1.82) is 0 Å². The normalized spacial score (nSPS) is 23.9.